The first kappa shape index (κ1) is 12.1. The molecule has 2 rings (SSSR count). The summed E-state index contributed by atoms with van der Waals surface area (Å²) in [6, 6.07) is 5.59. The molecule has 86 valence electrons. The molecule has 0 aromatic heterocycles. The summed E-state index contributed by atoms with van der Waals surface area (Å²) < 4.78 is 1.82. The van der Waals surface area contributed by atoms with Crippen molar-refractivity contribution in [3.63, 3.8) is 0 Å². The third kappa shape index (κ3) is 2.66. The molecule has 0 saturated heterocycles. The Morgan fingerprint density at radius 3 is 2.25 bits per heavy atom. The number of rotatable bonds is 2. The molecule has 0 aliphatic heterocycles. The lowest BCUT2D eigenvalue weighted by atomic mass is 9.78. The molecule has 1 aromatic rings. The van der Waals surface area contributed by atoms with Crippen molar-refractivity contribution in [2.75, 3.05) is 0 Å². The number of nitrogens with one attached hydrogen (secondary N) is 1. The predicted octanol–water partition coefficient (Wildman–Crippen LogP) is 3.88. The minimum Gasteiger partial charge on any atom is -0.347 e. The lowest BCUT2D eigenvalue weighted by Crippen LogP contribution is -2.50. The van der Waals surface area contributed by atoms with E-state index in [1.54, 1.807) is 0 Å². The summed E-state index contributed by atoms with van der Waals surface area (Å²) in [4.78, 5) is 12.0. The average Bonchev–Trinajstić information content (AvgIpc) is 2.13. The van der Waals surface area contributed by atoms with Crippen LogP contribution in [0.2, 0.25) is 0 Å². The molecule has 1 aromatic carbocycles. The second-order valence-electron chi connectivity index (χ2n) is 4.53. The smallest absolute Gasteiger partial charge is 0.251 e. The van der Waals surface area contributed by atoms with Crippen LogP contribution in [0.15, 0.2) is 27.1 Å². The van der Waals surface area contributed by atoms with Crippen LogP contribution in [0.5, 0.6) is 0 Å². The van der Waals surface area contributed by atoms with Crippen molar-refractivity contribution in [3.05, 3.63) is 32.7 Å². The number of hydrogen-bond acceptors (Lipinski definition) is 1. The Bertz CT molecular complexity index is 407. The Morgan fingerprint density at radius 2 is 1.81 bits per heavy atom. The first-order chi connectivity index (χ1) is 7.48. The largest absolute Gasteiger partial charge is 0.347 e. The Balaban J connectivity index is 2.14. The highest BCUT2D eigenvalue weighted by Gasteiger charge is 2.33. The van der Waals surface area contributed by atoms with Crippen LogP contribution in [0.25, 0.3) is 0 Å². The van der Waals surface area contributed by atoms with Crippen molar-refractivity contribution in [1.29, 1.82) is 0 Å². The molecule has 1 amide bonds. The van der Waals surface area contributed by atoms with E-state index in [1.165, 1.54) is 6.42 Å². The van der Waals surface area contributed by atoms with E-state index in [0.29, 0.717) is 5.56 Å². The lowest BCUT2D eigenvalue weighted by Gasteiger charge is -2.39. The van der Waals surface area contributed by atoms with E-state index >= 15 is 0 Å². The van der Waals surface area contributed by atoms with Gasteiger partial charge in [0.15, 0.2) is 0 Å². The summed E-state index contributed by atoms with van der Waals surface area (Å²) in [7, 11) is 0. The van der Waals surface area contributed by atoms with Crippen molar-refractivity contribution in [2.24, 2.45) is 0 Å². The van der Waals surface area contributed by atoms with Gasteiger partial charge in [-0.2, -0.15) is 0 Å². The van der Waals surface area contributed by atoms with Crippen LogP contribution < -0.4 is 5.32 Å². The molecule has 1 N–H and O–H groups in total. The summed E-state index contributed by atoms with van der Waals surface area (Å²) in [5.74, 6) is 0.00389. The molecular formula is C12H13Br2NO. The molecule has 4 heteroatoms. The number of carbonyl (C=O) groups excluding carboxylic acids is 1. The zero-order chi connectivity index (χ0) is 11.8. The predicted molar refractivity (Wildman–Crippen MR) is 71.6 cm³/mol. The van der Waals surface area contributed by atoms with E-state index < -0.39 is 0 Å². The Kier molecular flexibility index (Phi) is 3.40. The van der Waals surface area contributed by atoms with Gasteiger partial charge in [0.1, 0.15) is 0 Å². The first-order valence-electron chi connectivity index (χ1n) is 5.27. The molecule has 1 fully saturated rings. The summed E-state index contributed by atoms with van der Waals surface area (Å²) in [6.07, 6.45) is 3.36. The van der Waals surface area contributed by atoms with Crippen molar-refractivity contribution in [1.82, 2.24) is 5.32 Å². The molecule has 0 unspecified atom stereocenters. The normalized spacial score (nSPS) is 17.7. The Hall–Kier alpha value is -0.350. The van der Waals surface area contributed by atoms with Gasteiger partial charge in [0.25, 0.3) is 5.91 Å². The van der Waals surface area contributed by atoms with E-state index in [4.69, 9.17) is 0 Å². The fraction of sp³-hybridized carbons (Fsp3) is 0.417. The number of carbonyl (C=O) groups is 1. The zero-order valence-corrected chi connectivity index (χ0v) is 12.2. The molecule has 16 heavy (non-hydrogen) atoms. The Labute approximate surface area is 112 Å². The van der Waals surface area contributed by atoms with Gasteiger partial charge in [0.05, 0.1) is 0 Å². The zero-order valence-electron chi connectivity index (χ0n) is 9.02. The standard InChI is InChI=1S/C12H13Br2NO/c1-12(3-2-4-12)15-11(16)8-5-9(13)7-10(14)6-8/h5-7H,2-4H2,1H3,(H,15,16). The fourth-order valence-electron chi connectivity index (χ4n) is 1.86. The maximum atomic E-state index is 12.0. The highest BCUT2D eigenvalue weighted by molar-refractivity contribution is 9.11. The van der Waals surface area contributed by atoms with Crippen LogP contribution in [0, 0.1) is 0 Å². The summed E-state index contributed by atoms with van der Waals surface area (Å²) in [5, 5.41) is 3.08. The number of halogens is 2. The van der Waals surface area contributed by atoms with E-state index in [9.17, 15) is 4.79 Å². The average molecular weight is 347 g/mol. The molecule has 0 radical (unpaired) electrons. The first-order valence-corrected chi connectivity index (χ1v) is 6.86. The molecular weight excluding hydrogens is 334 g/mol. The van der Waals surface area contributed by atoms with Crippen LogP contribution in [0.1, 0.15) is 36.5 Å². The molecule has 0 heterocycles. The molecule has 1 aliphatic carbocycles. The number of amides is 1. The van der Waals surface area contributed by atoms with Gasteiger partial charge >= 0.3 is 0 Å². The van der Waals surface area contributed by atoms with Crippen molar-refractivity contribution in [3.8, 4) is 0 Å². The van der Waals surface area contributed by atoms with Crippen LogP contribution >= 0.6 is 31.9 Å². The van der Waals surface area contributed by atoms with Gasteiger partial charge in [0, 0.05) is 20.0 Å². The van der Waals surface area contributed by atoms with Gasteiger partial charge in [-0.15, -0.1) is 0 Å². The van der Waals surface area contributed by atoms with Crippen LogP contribution in [-0.2, 0) is 0 Å². The maximum absolute atomic E-state index is 12.0. The van der Waals surface area contributed by atoms with Crippen LogP contribution in [0.3, 0.4) is 0 Å². The van der Waals surface area contributed by atoms with Gasteiger partial charge in [0.2, 0.25) is 0 Å². The fourth-order valence-corrected chi connectivity index (χ4v) is 3.16. The van der Waals surface area contributed by atoms with Gasteiger partial charge in [-0.3, -0.25) is 4.79 Å². The minimum atomic E-state index is 0.00389. The number of benzene rings is 1. The van der Waals surface area contributed by atoms with E-state index in [2.05, 4.69) is 44.1 Å². The molecule has 0 atom stereocenters. The van der Waals surface area contributed by atoms with Crippen LogP contribution in [-0.4, -0.2) is 11.4 Å². The monoisotopic (exact) mass is 345 g/mol. The van der Waals surface area contributed by atoms with Crippen molar-refractivity contribution in [2.45, 2.75) is 31.7 Å². The summed E-state index contributed by atoms with van der Waals surface area (Å²) >= 11 is 6.76. The summed E-state index contributed by atoms with van der Waals surface area (Å²) in [5.41, 5.74) is 0.695. The minimum absolute atomic E-state index is 0.00389. The third-order valence-corrected chi connectivity index (χ3v) is 3.91. The van der Waals surface area contributed by atoms with Gasteiger partial charge in [-0.1, -0.05) is 31.9 Å². The van der Waals surface area contributed by atoms with E-state index in [1.807, 2.05) is 18.2 Å². The highest BCUT2D eigenvalue weighted by atomic mass is 79.9. The second-order valence-corrected chi connectivity index (χ2v) is 6.36. The van der Waals surface area contributed by atoms with Crippen molar-refractivity contribution >= 4 is 37.8 Å². The van der Waals surface area contributed by atoms with Crippen LogP contribution in [0.4, 0.5) is 0 Å². The van der Waals surface area contributed by atoms with Gasteiger partial charge in [-0.25, -0.2) is 0 Å². The molecule has 1 aliphatic rings. The second kappa shape index (κ2) is 4.49. The van der Waals surface area contributed by atoms with E-state index in [0.717, 1.165) is 21.8 Å². The maximum Gasteiger partial charge on any atom is 0.251 e. The topological polar surface area (TPSA) is 29.1 Å². The summed E-state index contributed by atoms with van der Waals surface area (Å²) in [6.45, 7) is 2.10. The third-order valence-electron chi connectivity index (χ3n) is 3.00. The molecule has 2 nitrogen and oxygen atoms in total. The molecule has 1 saturated carbocycles. The van der Waals surface area contributed by atoms with Crippen molar-refractivity contribution < 1.29 is 4.79 Å². The molecule has 0 spiro atoms. The van der Waals surface area contributed by atoms with Gasteiger partial charge in [-0.05, 0) is 44.4 Å². The molecule has 0 bridgehead atoms. The quantitative estimate of drug-likeness (QED) is 0.864. The van der Waals surface area contributed by atoms with Gasteiger partial charge < -0.3 is 5.32 Å². The number of hydrogen-bond donors (Lipinski definition) is 1. The SMILES string of the molecule is CC1(NC(=O)c2cc(Br)cc(Br)c2)CCC1. The Morgan fingerprint density at radius 1 is 1.25 bits per heavy atom. The highest BCUT2D eigenvalue weighted by Crippen LogP contribution is 2.31. The lowest BCUT2D eigenvalue weighted by molar-refractivity contribution is 0.0850. The van der Waals surface area contributed by atoms with E-state index in [-0.39, 0.29) is 11.4 Å².